The molecule has 0 aromatic carbocycles. The lowest BCUT2D eigenvalue weighted by atomic mass is 9.96. The van der Waals surface area contributed by atoms with Gasteiger partial charge in [0.25, 0.3) is 0 Å². The van der Waals surface area contributed by atoms with E-state index in [-0.39, 0.29) is 11.8 Å². The van der Waals surface area contributed by atoms with E-state index in [4.69, 9.17) is 22.7 Å². The summed E-state index contributed by atoms with van der Waals surface area (Å²) in [6.07, 6.45) is 4.54. The molecule has 4 nitrogen and oxygen atoms in total. The third-order valence-electron chi connectivity index (χ3n) is 3.13. The highest BCUT2D eigenvalue weighted by Gasteiger charge is 2.22. The second-order valence-corrected chi connectivity index (χ2v) is 5.33. The number of carbonyl (C=O) groups excluding carboxylic acids is 1. The standard InChI is InChI=1S/C14H28N2O2S/c1-4-6-12(7-5-2)14(17)16(10-11-18-3)9-8-13(15)19/h12H,4-11H2,1-3H3,(H2,15,19). The Kier molecular flexibility index (Phi) is 10.8. The summed E-state index contributed by atoms with van der Waals surface area (Å²) in [6, 6.07) is 0. The van der Waals surface area contributed by atoms with E-state index < -0.39 is 0 Å². The van der Waals surface area contributed by atoms with Crippen LogP contribution >= 0.6 is 12.2 Å². The van der Waals surface area contributed by atoms with Gasteiger partial charge in [-0.2, -0.15) is 0 Å². The number of carbonyl (C=O) groups is 1. The molecule has 5 heteroatoms. The number of hydrogen-bond donors (Lipinski definition) is 1. The minimum absolute atomic E-state index is 0.123. The van der Waals surface area contributed by atoms with Gasteiger partial charge in [0, 0.05) is 32.5 Å². The molecule has 0 fully saturated rings. The lowest BCUT2D eigenvalue weighted by molar-refractivity contribution is -0.136. The molecular formula is C14H28N2O2S. The van der Waals surface area contributed by atoms with Crippen molar-refractivity contribution < 1.29 is 9.53 Å². The first-order valence-electron chi connectivity index (χ1n) is 7.12. The van der Waals surface area contributed by atoms with E-state index in [2.05, 4.69) is 13.8 Å². The molecule has 112 valence electrons. The highest BCUT2D eigenvalue weighted by Crippen LogP contribution is 2.17. The molecule has 0 unspecified atom stereocenters. The summed E-state index contributed by atoms with van der Waals surface area (Å²) in [5, 5.41) is 0. The Morgan fingerprint density at radius 3 is 2.26 bits per heavy atom. The number of amides is 1. The highest BCUT2D eigenvalue weighted by atomic mass is 32.1. The normalized spacial score (nSPS) is 10.7. The molecule has 19 heavy (non-hydrogen) atoms. The van der Waals surface area contributed by atoms with Crippen LogP contribution in [-0.2, 0) is 9.53 Å². The van der Waals surface area contributed by atoms with Gasteiger partial charge in [-0.3, -0.25) is 4.79 Å². The Bertz CT molecular complexity index is 266. The number of thiocarbonyl (C=S) groups is 1. The summed E-state index contributed by atoms with van der Waals surface area (Å²) < 4.78 is 5.07. The maximum Gasteiger partial charge on any atom is 0.225 e. The lowest BCUT2D eigenvalue weighted by Gasteiger charge is -2.27. The van der Waals surface area contributed by atoms with E-state index in [1.54, 1.807) is 7.11 Å². The second kappa shape index (κ2) is 11.2. The predicted octanol–water partition coefficient (Wildman–Crippen LogP) is 2.35. The summed E-state index contributed by atoms with van der Waals surface area (Å²) in [5.74, 6) is 0.343. The summed E-state index contributed by atoms with van der Waals surface area (Å²) in [5.41, 5.74) is 5.53. The number of rotatable bonds is 11. The fraction of sp³-hybridized carbons (Fsp3) is 0.857. The quantitative estimate of drug-likeness (QED) is 0.593. The van der Waals surface area contributed by atoms with Gasteiger partial charge in [0.2, 0.25) is 5.91 Å². The minimum Gasteiger partial charge on any atom is -0.393 e. The van der Waals surface area contributed by atoms with Crippen molar-refractivity contribution in [2.24, 2.45) is 11.7 Å². The van der Waals surface area contributed by atoms with Crippen molar-refractivity contribution in [1.29, 1.82) is 0 Å². The van der Waals surface area contributed by atoms with E-state index in [1.807, 2.05) is 4.90 Å². The van der Waals surface area contributed by atoms with Crippen molar-refractivity contribution in [1.82, 2.24) is 4.90 Å². The van der Waals surface area contributed by atoms with Gasteiger partial charge in [-0.1, -0.05) is 38.9 Å². The third kappa shape index (κ3) is 8.16. The zero-order chi connectivity index (χ0) is 14.7. The number of nitrogens with zero attached hydrogens (tertiary/aromatic N) is 1. The Labute approximate surface area is 122 Å². The predicted molar refractivity (Wildman–Crippen MR) is 83.2 cm³/mol. The molecule has 1 amide bonds. The third-order valence-corrected chi connectivity index (χ3v) is 3.33. The van der Waals surface area contributed by atoms with Crippen molar-refractivity contribution in [3.8, 4) is 0 Å². The molecule has 0 aromatic rings. The van der Waals surface area contributed by atoms with Gasteiger partial charge in [0.05, 0.1) is 11.6 Å². The number of nitrogens with two attached hydrogens (primary N) is 1. The summed E-state index contributed by atoms with van der Waals surface area (Å²) in [4.78, 5) is 14.8. The maximum absolute atomic E-state index is 12.5. The van der Waals surface area contributed by atoms with Gasteiger partial charge < -0.3 is 15.4 Å². The molecule has 0 saturated carbocycles. The molecule has 0 heterocycles. The van der Waals surface area contributed by atoms with Crippen molar-refractivity contribution in [3.05, 3.63) is 0 Å². The first kappa shape index (κ1) is 18.3. The van der Waals surface area contributed by atoms with Gasteiger partial charge in [-0.25, -0.2) is 0 Å². The Hall–Kier alpha value is -0.680. The van der Waals surface area contributed by atoms with Crippen molar-refractivity contribution in [2.75, 3.05) is 26.8 Å². The van der Waals surface area contributed by atoms with E-state index >= 15 is 0 Å². The lowest BCUT2D eigenvalue weighted by Crippen LogP contribution is -2.40. The van der Waals surface area contributed by atoms with Crippen molar-refractivity contribution in [3.63, 3.8) is 0 Å². The van der Waals surface area contributed by atoms with Crippen LogP contribution in [0.25, 0.3) is 0 Å². The van der Waals surface area contributed by atoms with E-state index in [0.717, 1.165) is 25.7 Å². The summed E-state index contributed by atoms with van der Waals surface area (Å²) in [7, 11) is 1.64. The number of ether oxygens (including phenoxy) is 1. The molecule has 0 aliphatic carbocycles. The summed E-state index contributed by atoms with van der Waals surface area (Å²) in [6.45, 7) is 5.99. The maximum atomic E-state index is 12.5. The van der Waals surface area contributed by atoms with Crippen molar-refractivity contribution in [2.45, 2.75) is 46.0 Å². The van der Waals surface area contributed by atoms with Gasteiger partial charge in [-0.05, 0) is 12.8 Å². The van der Waals surface area contributed by atoms with Crippen LogP contribution in [0, 0.1) is 5.92 Å². The molecule has 2 N–H and O–H groups in total. The minimum atomic E-state index is 0.123. The first-order chi connectivity index (χ1) is 9.06. The van der Waals surface area contributed by atoms with Crippen LogP contribution in [0.15, 0.2) is 0 Å². The number of methoxy groups -OCH3 is 1. The van der Waals surface area contributed by atoms with E-state index in [1.165, 1.54) is 0 Å². The van der Waals surface area contributed by atoms with Crippen LogP contribution in [0.4, 0.5) is 0 Å². The molecule has 0 aliphatic rings. The average Bonchev–Trinajstić information content (AvgIpc) is 2.37. The smallest absolute Gasteiger partial charge is 0.225 e. The van der Waals surface area contributed by atoms with Gasteiger partial charge in [0.15, 0.2) is 0 Å². The topological polar surface area (TPSA) is 55.6 Å². The molecule has 0 saturated heterocycles. The Morgan fingerprint density at radius 1 is 1.26 bits per heavy atom. The van der Waals surface area contributed by atoms with E-state index in [0.29, 0.717) is 31.1 Å². The molecule has 0 aliphatic heterocycles. The fourth-order valence-electron chi connectivity index (χ4n) is 2.13. The highest BCUT2D eigenvalue weighted by molar-refractivity contribution is 7.80. The largest absolute Gasteiger partial charge is 0.393 e. The molecule has 0 bridgehead atoms. The van der Waals surface area contributed by atoms with Gasteiger partial charge in [-0.15, -0.1) is 0 Å². The zero-order valence-corrected chi connectivity index (χ0v) is 13.3. The fourth-order valence-corrected chi connectivity index (χ4v) is 2.22. The van der Waals surface area contributed by atoms with Crippen molar-refractivity contribution >= 4 is 23.1 Å². The van der Waals surface area contributed by atoms with Gasteiger partial charge >= 0.3 is 0 Å². The van der Waals surface area contributed by atoms with Crippen LogP contribution in [-0.4, -0.2) is 42.6 Å². The molecule has 0 spiro atoms. The molecular weight excluding hydrogens is 260 g/mol. The van der Waals surface area contributed by atoms with Crippen LogP contribution in [0.2, 0.25) is 0 Å². The molecule has 0 aromatic heterocycles. The monoisotopic (exact) mass is 288 g/mol. The molecule has 0 rings (SSSR count). The average molecular weight is 288 g/mol. The molecule has 0 atom stereocenters. The Morgan fingerprint density at radius 2 is 1.84 bits per heavy atom. The Balaban J connectivity index is 4.58. The first-order valence-corrected chi connectivity index (χ1v) is 7.53. The summed E-state index contributed by atoms with van der Waals surface area (Å²) >= 11 is 4.89. The van der Waals surface area contributed by atoms with E-state index in [9.17, 15) is 4.79 Å². The number of hydrogen-bond acceptors (Lipinski definition) is 3. The zero-order valence-electron chi connectivity index (χ0n) is 12.5. The second-order valence-electron chi connectivity index (χ2n) is 4.81. The van der Waals surface area contributed by atoms with Crippen LogP contribution in [0.5, 0.6) is 0 Å². The van der Waals surface area contributed by atoms with Crippen LogP contribution < -0.4 is 5.73 Å². The van der Waals surface area contributed by atoms with Gasteiger partial charge in [0.1, 0.15) is 0 Å². The molecule has 0 radical (unpaired) electrons. The van der Waals surface area contributed by atoms with Crippen LogP contribution in [0.3, 0.4) is 0 Å². The SMILES string of the molecule is CCCC(CCC)C(=O)N(CCOC)CCC(N)=S. The van der Waals surface area contributed by atoms with Crippen LogP contribution in [0.1, 0.15) is 46.0 Å².